The number of amides is 4. The first kappa shape index (κ1) is 26.8. The normalized spacial score (nSPS) is 21.2. The number of anilines is 1. The van der Waals surface area contributed by atoms with E-state index in [0.29, 0.717) is 43.0 Å². The maximum absolute atomic E-state index is 13.5. The van der Waals surface area contributed by atoms with Gasteiger partial charge in [-0.3, -0.25) is 14.9 Å². The molecule has 0 unspecified atom stereocenters. The predicted molar refractivity (Wildman–Crippen MR) is 138 cm³/mol. The third-order valence-electron chi connectivity index (χ3n) is 7.07. The summed E-state index contributed by atoms with van der Waals surface area (Å²) in [6, 6.07) is 0.269. The molecule has 0 aromatic carbocycles. The van der Waals surface area contributed by atoms with Gasteiger partial charge in [-0.15, -0.1) is 11.8 Å². The molecule has 3 rings (SSSR count). The van der Waals surface area contributed by atoms with Crippen LogP contribution in [0.3, 0.4) is 0 Å². The highest BCUT2D eigenvalue weighted by Crippen LogP contribution is 2.33. The standard InChI is InChI=1S/C24H39N5O3S2/c1-5-27(6-2)21(31)16-33-22-15-25-23(34-22)26-24(32)29(19-9-7-17(3)8-10-19)20-11-13-28(14-12-20)18(4)30/h15,17,19-20H,5-14,16H2,1-4H3,(H,25,26,32)/t17-,19-. The van der Waals surface area contributed by atoms with Crippen LogP contribution in [0.15, 0.2) is 10.4 Å². The number of hydrogen-bond donors (Lipinski definition) is 1. The molecule has 1 N–H and O–H groups in total. The molecule has 10 heteroatoms. The van der Waals surface area contributed by atoms with E-state index in [-0.39, 0.29) is 29.9 Å². The topological polar surface area (TPSA) is 85.8 Å². The molecule has 190 valence electrons. The van der Waals surface area contributed by atoms with Crippen LogP contribution in [0.1, 0.15) is 66.2 Å². The number of hydrogen-bond acceptors (Lipinski definition) is 6. The van der Waals surface area contributed by atoms with Gasteiger partial charge in [0, 0.05) is 45.2 Å². The molecule has 2 fully saturated rings. The highest BCUT2D eigenvalue weighted by atomic mass is 32.2. The van der Waals surface area contributed by atoms with Crippen molar-refractivity contribution in [3.8, 4) is 0 Å². The van der Waals surface area contributed by atoms with E-state index in [9.17, 15) is 14.4 Å². The fourth-order valence-electron chi connectivity index (χ4n) is 4.95. The Labute approximate surface area is 211 Å². The molecule has 8 nitrogen and oxygen atoms in total. The second kappa shape index (κ2) is 12.8. The second-order valence-corrected chi connectivity index (χ2v) is 11.6. The van der Waals surface area contributed by atoms with Crippen LogP contribution in [-0.4, -0.2) is 81.5 Å². The maximum Gasteiger partial charge on any atom is 0.324 e. The molecular formula is C24H39N5O3S2. The molecule has 34 heavy (non-hydrogen) atoms. The molecule has 1 aliphatic heterocycles. The number of likely N-dealkylation sites (tertiary alicyclic amines) is 1. The summed E-state index contributed by atoms with van der Waals surface area (Å²) >= 11 is 2.88. The van der Waals surface area contributed by atoms with Crippen molar-refractivity contribution in [2.75, 3.05) is 37.2 Å². The first-order valence-electron chi connectivity index (χ1n) is 12.5. The van der Waals surface area contributed by atoms with Gasteiger partial charge in [0.15, 0.2) is 5.13 Å². The van der Waals surface area contributed by atoms with E-state index in [1.54, 1.807) is 13.1 Å². The molecule has 4 amide bonds. The molecule has 1 aliphatic carbocycles. The number of nitrogens with one attached hydrogen (secondary N) is 1. The van der Waals surface area contributed by atoms with Crippen molar-refractivity contribution in [2.24, 2.45) is 5.92 Å². The van der Waals surface area contributed by atoms with Crippen LogP contribution in [0.25, 0.3) is 0 Å². The summed E-state index contributed by atoms with van der Waals surface area (Å²) in [6.07, 6.45) is 7.68. The van der Waals surface area contributed by atoms with Gasteiger partial charge in [-0.25, -0.2) is 9.78 Å². The quantitative estimate of drug-likeness (QED) is 0.521. The zero-order chi connectivity index (χ0) is 24.7. The lowest BCUT2D eigenvalue weighted by molar-refractivity contribution is -0.130. The number of urea groups is 1. The summed E-state index contributed by atoms with van der Waals surface area (Å²) in [7, 11) is 0. The average Bonchev–Trinajstić information content (AvgIpc) is 3.27. The molecule has 1 saturated heterocycles. The van der Waals surface area contributed by atoms with E-state index in [2.05, 4.69) is 22.1 Å². The van der Waals surface area contributed by atoms with Gasteiger partial charge in [-0.05, 0) is 58.3 Å². The highest BCUT2D eigenvalue weighted by molar-refractivity contribution is 8.01. The number of piperidine rings is 1. The summed E-state index contributed by atoms with van der Waals surface area (Å²) in [5, 5.41) is 3.61. The van der Waals surface area contributed by atoms with E-state index >= 15 is 0 Å². The average molecular weight is 510 g/mol. The van der Waals surface area contributed by atoms with Crippen molar-refractivity contribution < 1.29 is 14.4 Å². The van der Waals surface area contributed by atoms with Crippen molar-refractivity contribution in [3.05, 3.63) is 6.20 Å². The van der Waals surface area contributed by atoms with Crippen molar-refractivity contribution in [1.82, 2.24) is 19.7 Å². The summed E-state index contributed by atoms with van der Waals surface area (Å²) in [5.74, 6) is 1.30. The van der Waals surface area contributed by atoms with E-state index in [1.165, 1.54) is 23.1 Å². The summed E-state index contributed by atoms with van der Waals surface area (Å²) < 4.78 is 0.920. The lowest BCUT2D eigenvalue weighted by Crippen LogP contribution is -2.54. The summed E-state index contributed by atoms with van der Waals surface area (Å²) in [6.45, 7) is 10.7. The maximum atomic E-state index is 13.5. The van der Waals surface area contributed by atoms with Crippen molar-refractivity contribution in [1.29, 1.82) is 0 Å². The number of rotatable bonds is 8. The molecule has 1 aromatic rings. The van der Waals surface area contributed by atoms with Gasteiger partial charge in [0.05, 0.1) is 16.2 Å². The van der Waals surface area contributed by atoms with Crippen molar-refractivity contribution in [2.45, 2.75) is 82.5 Å². The Morgan fingerprint density at radius 2 is 1.71 bits per heavy atom. The minimum atomic E-state index is -0.0917. The van der Waals surface area contributed by atoms with Gasteiger partial charge in [0.1, 0.15) is 0 Å². The Morgan fingerprint density at radius 3 is 2.29 bits per heavy atom. The van der Waals surface area contributed by atoms with Crippen LogP contribution in [0, 0.1) is 5.92 Å². The van der Waals surface area contributed by atoms with Crippen LogP contribution >= 0.6 is 23.1 Å². The molecule has 0 bridgehead atoms. The minimum absolute atomic E-state index is 0.0917. The third-order valence-corrected chi connectivity index (χ3v) is 9.16. The Kier molecular flexibility index (Phi) is 10.1. The second-order valence-electron chi connectivity index (χ2n) is 9.33. The zero-order valence-electron chi connectivity index (χ0n) is 20.9. The highest BCUT2D eigenvalue weighted by Gasteiger charge is 2.35. The van der Waals surface area contributed by atoms with Crippen molar-refractivity contribution in [3.63, 3.8) is 0 Å². The number of carbonyl (C=O) groups is 3. The molecule has 2 aliphatic rings. The molecule has 2 heterocycles. The molecule has 0 atom stereocenters. The Hall–Kier alpha value is -1.81. The molecule has 0 radical (unpaired) electrons. The van der Waals surface area contributed by atoms with E-state index < -0.39 is 0 Å². The van der Waals surface area contributed by atoms with Crippen LogP contribution in [0.4, 0.5) is 9.93 Å². The van der Waals surface area contributed by atoms with Gasteiger partial charge in [0.2, 0.25) is 11.8 Å². The first-order chi connectivity index (χ1) is 16.3. The Balaban J connectivity index is 1.63. The molecular weight excluding hydrogens is 470 g/mol. The monoisotopic (exact) mass is 509 g/mol. The van der Waals surface area contributed by atoms with Crippen LogP contribution < -0.4 is 5.32 Å². The van der Waals surface area contributed by atoms with E-state index in [4.69, 9.17) is 0 Å². The minimum Gasteiger partial charge on any atom is -0.343 e. The third kappa shape index (κ3) is 7.10. The summed E-state index contributed by atoms with van der Waals surface area (Å²) in [4.78, 5) is 47.7. The van der Waals surface area contributed by atoms with Gasteiger partial charge >= 0.3 is 6.03 Å². The van der Waals surface area contributed by atoms with Crippen molar-refractivity contribution >= 4 is 46.1 Å². The van der Waals surface area contributed by atoms with E-state index in [1.807, 2.05) is 23.6 Å². The van der Waals surface area contributed by atoms with Gasteiger partial charge in [-0.2, -0.15) is 0 Å². The Morgan fingerprint density at radius 1 is 1.09 bits per heavy atom. The van der Waals surface area contributed by atoms with Crippen LogP contribution in [0.5, 0.6) is 0 Å². The lowest BCUT2D eigenvalue weighted by atomic mass is 9.85. The number of carbonyl (C=O) groups excluding carboxylic acids is 3. The van der Waals surface area contributed by atoms with Crippen LogP contribution in [-0.2, 0) is 9.59 Å². The molecule has 1 aromatic heterocycles. The smallest absolute Gasteiger partial charge is 0.324 e. The zero-order valence-corrected chi connectivity index (χ0v) is 22.6. The SMILES string of the molecule is CCN(CC)C(=O)CSc1cnc(NC(=O)N(C2CCN(C(C)=O)CC2)[C@H]2CC[C@H](C)CC2)s1. The number of thioether (sulfide) groups is 1. The molecule has 0 spiro atoms. The Bertz CT molecular complexity index is 828. The fourth-order valence-corrected chi connectivity index (χ4v) is 6.71. The van der Waals surface area contributed by atoms with Gasteiger partial charge in [0.25, 0.3) is 0 Å². The van der Waals surface area contributed by atoms with E-state index in [0.717, 1.165) is 42.7 Å². The van der Waals surface area contributed by atoms with Gasteiger partial charge < -0.3 is 14.7 Å². The lowest BCUT2D eigenvalue weighted by Gasteiger charge is -2.44. The van der Waals surface area contributed by atoms with Crippen LogP contribution in [0.2, 0.25) is 0 Å². The number of nitrogens with zero attached hydrogens (tertiary/aromatic N) is 4. The molecule has 1 saturated carbocycles. The fraction of sp³-hybridized carbons (Fsp3) is 0.750. The predicted octanol–water partition coefficient (Wildman–Crippen LogP) is 4.53. The largest absolute Gasteiger partial charge is 0.343 e. The number of aromatic nitrogens is 1. The number of thiazole rings is 1. The summed E-state index contributed by atoms with van der Waals surface area (Å²) in [5.41, 5.74) is 0. The first-order valence-corrected chi connectivity index (χ1v) is 14.3. The van der Waals surface area contributed by atoms with Gasteiger partial charge in [-0.1, -0.05) is 18.3 Å².